The Balaban J connectivity index is 0.000000109. The van der Waals surface area contributed by atoms with Crippen LogP contribution >= 0.6 is 0 Å². The van der Waals surface area contributed by atoms with Gasteiger partial charge >= 0.3 is 0 Å². The van der Waals surface area contributed by atoms with E-state index in [9.17, 15) is 0 Å². The van der Waals surface area contributed by atoms with Crippen LogP contribution in [0.3, 0.4) is 0 Å². The summed E-state index contributed by atoms with van der Waals surface area (Å²) in [6, 6.07) is 34.6. The van der Waals surface area contributed by atoms with E-state index in [0.717, 1.165) is 16.4 Å². The minimum absolute atomic E-state index is 0.998. The zero-order chi connectivity index (χ0) is 20.4. The molecular formula is C27H21N3. The third-order valence-electron chi connectivity index (χ3n) is 4.57. The molecule has 0 aliphatic carbocycles. The van der Waals surface area contributed by atoms with Crippen LogP contribution in [0.4, 0.5) is 0 Å². The molecule has 30 heavy (non-hydrogen) atoms. The third kappa shape index (κ3) is 5.03. The van der Waals surface area contributed by atoms with Crippen molar-refractivity contribution in [2.75, 3.05) is 0 Å². The molecule has 0 fully saturated rings. The van der Waals surface area contributed by atoms with Crippen molar-refractivity contribution < 1.29 is 0 Å². The van der Waals surface area contributed by atoms with Gasteiger partial charge in [-0.05, 0) is 41.1 Å². The molecule has 0 aliphatic rings. The van der Waals surface area contributed by atoms with Gasteiger partial charge in [-0.15, -0.1) is 0 Å². The fourth-order valence-electron chi connectivity index (χ4n) is 3.06. The molecule has 144 valence electrons. The highest BCUT2D eigenvalue weighted by Crippen LogP contribution is 2.11. The molecule has 3 heteroatoms. The molecule has 3 nitrogen and oxygen atoms in total. The van der Waals surface area contributed by atoms with Crippen molar-refractivity contribution in [1.29, 1.82) is 0 Å². The zero-order valence-corrected chi connectivity index (χ0v) is 16.5. The number of nitrogens with zero attached hydrogens (tertiary/aromatic N) is 3. The van der Waals surface area contributed by atoms with E-state index in [2.05, 4.69) is 75.6 Å². The zero-order valence-electron chi connectivity index (χ0n) is 16.5. The lowest BCUT2D eigenvalue weighted by molar-refractivity contribution is 1.32. The Morgan fingerprint density at radius 1 is 0.367 bits per heavy atom. The molecule has 0 atom stereocenters. The number of aromatic nitrogens is 3. The minimum Gasteiger partial charge on any atom is -0.264 e. The summed E-state index contributed by atoms with van der Waals surface area (Å²) < 4.78 is 0. The molecule has 3 aromatic carbocycles. The Morgan fingerprint density at radius 2 is 0.833 bits per heavy atom. The van der Waals surface area contributed by atoms with Gasteiger partial charge in [0.05, 0.1) is 11.0 Å². The van der Waals surface area contributed by atoms with Gasteiger partial charge in [0.2, 0.25) is 0 Å². The minimum atomic E-state index is 0.998. The smallest absolute Gasteiger partial charge is 0.0732 e. The molecule has 0 N–H and O–H groups in total. The first kappa shape index (κ1) is 19.2. The molecule has 3 heterocycles. The molecule has 0 unspecified atom stereocenters. The van der Waals surface area contributed by atoms with Crippen LogP contribution in [0.1, 0.15) is 0 Å². The van der Waals surface area contributed by atoms with Gasteiger partial charge in [0.25, 0.3) is 0 Å². The fraction of sp³-hybridized carbons (Fsp3) is 0. The number of fused-ring (bicyclic) bond motifs is 3. The molecule has 6 aromatic rings. The number of rotatable bonds is 0. The van der Waals surface area contributed by atoms with E-state index >= 15 is 0 Å². The van der Waals surface area contributed by atoms with Crippen LogP contribution in [-0.4, -0.2) is 15.0 Å². The van der Waals surface area contributed by atoms with Gasteiger partial charge in [-0.25, -0.2) is 0 Å². The van der Waals surface area contributed by atoms with Crippen LogP contribution in [0.2, 0.25) is 0 Å². The molecule has 0 bridgehead atoms. The first-order valence-corrected chi connectivity index (χ1v) is 9.78. The number of benzene rings is 3. The standard InChI is InChI=1S/C10H8.C9H7N.C8H6N2/c1-2-6-10-8-4-3-7-9(10)5-1;1-2-6-9-8(4-1)5-3-7-10-9;1-2-7-6-9-5-3-8(7)10-4-1/h1-8H;1-7H;1-6H. The largest absolute Gasteiger partial charge is 0.264 e. The maximum Gasteiger partial charge on any atom is 0.0732 e. The molecule has 6 rings (SSSR count). The lowest BCUT2D eigenvalue weighted by Crippen LogP contribution is -1.76. The van der Waals surface area contributed by atoms with Crippen LogP contribution in [0.15, 0.2) is 128 Å². The second kappa shape index (κ2) is 9.89. The summed E-state index contributed by atoms with van der Waals surface area (Å²) in [4.78, 5) is 12.3. The molecule has 3 aromatic heterocycles. The van der Waals surface area contributed by atoms with E-state index < -0.39 is 0 Å². The molecular weight excluding hydrogens is 366 g/mol. The van der Waals surface area contributed by atoms with E-state index in [-0.39, 0.29) is 0 Å². The molecule has 0 aliphatic heterocycles. The average molecular weight is 387 g/mol. The highest BCUT2D eigenvalue weighted by atomic mass is 14.7. The Labute approximate surface area is 175 Å². The van der Waals surface area contributed by atoms with Crippen LogP contribution < -0.4 is 0 Å². The summed E-state index contributed by atoms with van der Waals surface area (Å²) in [5.74, 6) is 0. The SMILES string of the molecule is c1ccc2ccccc2c1.c1ccc2ncccc2c1.c1cnc2ccncc2c1. The first-order chi connectivity index (χ1) is 14.9. The summed E-state index contributed by atoms with van der Waals surface area (Å²) in [6.45, 7) is 0. The summed E-state index contributed by atoms with van der Waals surface area (Å²) in [5.41, 5.74) is 2.06. The van der Waals surface area contributed by atoms with Gasteiger partial charge in [-0.2, -0.15) is 0 Å². The summed E-state index contributed by atoms with van der Waals surface area (Å²) in [7, 11) is 0. The Bertz CT molecular complexity index is 997. The Kier molecular flexibility index (Phi) is 6.34. The van der Waals surface area contributed by atoms with Gasteiger partial charge in [0.15, 0.2) is 0 Å². The molecule has 0 radical (unpaired) electrons. The van der Waals surface area contributed by atoms with Crippen molar-refractivity contribution >= 4 is 32.6 Å². The molecule has 0 spiro atoms. The van der Waals surface area contributed by atoms with Gasteiger partial charge in [0.1, 0.15) is 0 Å². The highest BCUT2D eigenvalue weighted by molar-refractivity contribution is 5.82. The normalized spacial score (nSPS) is 10.0. The molecule has 0 amide bonds. The highest BCUT2D eigenvalue weighted by Gasteiger charge is 1.88. The maximum absolute atomic E-state index is 4.18. The van der Waals surface area contributed by atoms with Crippen LogP contribution in [0, 0.1) is 0 Å². The van der Waals surface area contributed by atoms with Crippen molar-refractivity contribution in [3.63, 3.8) is 0 Å². The van der Waals surface area contributed by atoms with Gasteiger partial charge in [-0.1, -0.05) is 72.8 Å². The van der Waals surface area contributed by atoms with E-state index in [1.807, 2.05) is 54.9 Å². The summed E-state index contributed by atoms with van der Waals surface area (Å²) in [6.07, 6.45) is 7.14. The van der Waals surface area contributed by atoms with Crippen molar-refractivity contribution in [1.82, 2.24) is 15.0 Å². The van der Waals surface area contributed by atoms with Crippen LogP contribution in [0.25, 0.3) is 32.6 Å². The fourth-order valence-corrected chi connectivity index (χ4v) is 3.06. The average Bonchev–Trinajstić information content (AvgIpc) is 2.85. The van der Waals surface area contributed by atoms with E-state index in [1.165, 1.54) is 16.2 Å². The molecule has 0 saturated carbocycles. The monoisotopic (exact) mass is 387 g/mol. The van der Waals surface area contributed by atoms with Crippen molar-refractivity contribution in [3.8, 4) is 0 Å². The topological polar surface area (TPSA) is 38.7 Å². The number of pyridine rings is 3. The van der Waals surface area contributed by atoms with E-state index in [0.29, 0.717) is 0 Å². The quantitative estimate of drug-likeness (QED) is 0.291. The van der Waals surface area contributed by atoms with Crippen LogP contribution in [0.5, 0.6) is 0 Å². The number of hydrogen-bond donors (Lipinski definition) is 0. The van der Waals surface area contributed by atoms with Crippen molar-refractivity contribution in [2.24, 2.45) is 0 Å². The van der Waals surface area contributed by atoms with Crippen molar-refractivity contribution in [3.05, 3.63) is 128 Å². The predicted molar refractivity (Wildman–Crippen MR) is 125 cm³/mol. The second-order valence-electron chi connectivity index (χ2n) is 6.62. The van der Waals surface area contributed by atoms with Gasteiger partial charge in [0, 0.05) is 35.6 Å². The van der Waals surface area contributed by atoms with Crippen LogP contribution in [-0.2, 0) is 0 Å². The lowest BCUT2D eigenvalue weighted by atomic mass is 10.1. The first-order valence-electron chi connectivity index (χ1n) is 9.78. The predicted octanol–water partition coefficient (Wildman–Crippen LogP) is 6.70. The second-order valence-corrected chi connectivity index (χ2v) is 6.62. The Hall–Kier alpha value is -4.11. The van der Waals surface area contributed by atoms with Crippen molar-refractivity contribution in [2.45, 2.75) is 0 Å². The van der Waals surface area contributed by atoms with Gasteiger partial charge in [-0.3, -0.25) is 15.0 Å². The summed E-state index contributed by atoms with van der Waals surface area (Å²) >= 11 is 0. The number of para-hydroxylation sites is 1. The van der Waals surface area contributed by atoms with Gasteiger partial charge < -0.3 is 0 Å². The number of hydrogen-bond acceptors (Lipinski definition) is 3. The van der Waals surface area contributed by atoms with E-state index in [1.54, 1.807) is 12.4 Å². The Morgan fingerprint density at radius 3 is 1.40 bits per heavy atom. The summed E-state index contributed by atoms with van der Waals surface area (Å²) in [5, 5.41) is 4.91. The third-order valence-corrected chi connectivity index (χ3v) is 4.57. The molecule has 0 saturated heterocycles. The lowest BCUT2D eigenvalue weighted by Gasteiger charge is -1.92. The van der Waals surface area contributed by atoms with E-state index in [4.69, 9.17) is 0 Å². The maximum atomic E-state index is 4.18.